The lowest BCUT2D eigenvalue weighted by Gasteiger charge is -2.25. The van der Waals surface area contributed by atoms with Gasteiger partial charge in [0.1, 0.15) is 0 Å². The van der Waals surface area contributed by atoms with Crippen molar-refractivity contribution >= 4 is 17.8 Å². The van der Waals surface area contributed by atoms with Crippen molar-refractivity contribution in [3.63, 3.8) is 0 Å². The molecular formula is C12H17NO5. The van der Waals surface area contributed by atoms with E-state index in [1.807, 2.05) is 0 Å². The highest BCUT2D eigenvalue weighted by molar-refractivity contribution is 5.93. The summed E-state index contributed by atoms with van der Waals surface area (Å²) in [4.78, 5) is 32.1. The Kier molecular flexibility index (Phi) is 5.35. The fraction of sp³-hybridized carbons (Fsp3) is 0.583. The van der Waals surface area contributed by atoms with Gasteiger partial charge in [0.05, 0.1) is 5.92 Å². The number of aliphatic carboxylic acids is 2. The molecule has 3 N–H and O–H groups in total. The predicted molar refractivity (Wildman–Crippen MR) is 62.9 cm³/mol. The van der Waals surface area contributed by atoms with E-state index in [0.29, 0.717) is 19.4 Å². The van der Waals surface area contributed by atoms with Crippen molar-refractivity contribution in [1.29, 1.82) is 0 Å². The molecule has 0 aromatic heterocycles. The average Bonchev–Trinajstić information content (AvgIpc) is 2.34. The largest absolute Gasteiger partial charge is 0.481 e. The zero-order chi connectivity index (χ0) is 13.5. The van der Waals surface area contributed by atoms with Crippen LogP contribution in [0.25, 0.3) is 0 Å². The minimum atomic E-state index is -1.16. The second kappa shape index (κ2) is 6.78. The van der Waals surface area contributed by atoms with Crippen LogP contribution in [0.3, 0.4) is 0 Å². The second-order valence-electron chi connectivity index (χ2n) is 4.47. The molecule has 1 fully saturated rings. The van der Waals surface area contributed by atoms with E-state index in [1.165, 1.54) is 0 Å². The van der Waals surface area contributed by atoms with Crippen LogP contribution in [-0.2, 0) is 14.4 Å². The molecule has 0 heterocycles. The second-order valence-corrected chi connectivity index (χ2v) is 4.47. The van der Waals surface area contributed by atoms with Gasteiger partial charge >= 0.3 is 11.9 Å². The Morgan fingerprint density at radius 2 is 1.67 bits per heavy atom. The summed E-state index contributed by atoms with van der Waals surface area (Å²) < 4.78 is 0. The molecule has 0 saturated heterocycles. The molecule has 6 nitrogen and oxygen atoms in total. The van der Waals surface area contributed by atoms with E-state index in [0.717, 1.165) is 25.0 Å². The van der Waals surface area contributed by atoms with Crippen LogP contribution in [-0.4, -0.2) is 34.6 Å². The maximum atomic E-state index is 11.2. The van der Waals surface area contributed by atoms with E-state index >= 15 is 0 Å². The van der Waals surface area contributed by atoms with Crippen LogP contribution in [0.5, 0.6) is 0 Å². The summed E-state index contributed by atoms with van der Waals surface area (Å²) in [5.74, 6) is -2.32. The van der Waals surface area contributed by atoms with Crippen LogP contribution >= 0.6 is 0 Å². The van der Waals surface area contributed by atoms with Gasteiger partial charge in [-0.3, -0.25) is 9.59 Å². The van der Waals surface area contributed by atoms with Gasteiger partial charge in [-0.05, 0) is 31.6 Å². The molecule has 6 heteroatoms. The first-order valence-electron chi connectivity index (χ1n) is 5.90. The lowest BCUT2D eigenvalue weighted by molar-refractivity contribution is -0.143. The SMILES string of the molecule is O=C(O)C=CC(=O)NCC1CCC(C(=O)O)CC1. The number of carbonyl (C=O) groups is 3. The zero-order valence-electron chi connectivity index (χ0n) is 9.96. The van der Waals surface area contributed by atoms with Crippen LogP contribution in [0.1, 0.15) is 25.7 Å². The van der Waals surface area contributed by atoms with Gasteiger partial charge < -0.3 is 15.5 Å². The molecule has 1 aliphatic carbocycles. The molecule has 0 aromatic carbocycles. The van der Waals surface area contributed by atoms with Crippen LogP contribution in [0.2, 0.25) is 0 Å². The lowest BCUT2D eigenvalue weighted by Crippen LogP contribution is -2.31. The number of rotatable bonds is 5. The Balaban J connectivity index is 2.23. The number of hydrogen-bond donors (Lipinski definition) is 3. The van der Waals surface area contributed by atoms with Gasteiger partial charge in [0.25, 0.3) is 0 Å². The molecule has 0 aliphatic heterocycles. The molecule has 0 spiro atoms. The minimum Gasteiger partial charge on any atom is -0.481 e. The molecular weight excluding hydrogens is 238 g/mol. The first-order valence-corrected chi connectivity index (χ1v) is 5.90. The first-order chi connectivity index (χ1) is 8.49. The number of nitrogens with one attached hydrogen (secondary N) is 1. The van der Waals surface area contributed by atoms with Gasteiger partial charge in [0, 0.05) is 18.7 Å². The van der Waals surface area contributed by atoms with Crippen molar-refractivity contribution < 1.29 is 24.6 Å². The van der Waals surface area contributed by atoms with Crippen molar-refractivity contribution in [2.24, 2.45) is 11.8 Å². The van der Waals surface area contributed by atoms with Gasteiger partial charge in [0.2, 0.25) is 5.91 Å². The lowest BCUT2D eigenvalue weighted by atomic mass is 9.82. The Labute approximate surface area is 105 Å². The van der Waals surface area contributed by atoms with Crippen LogP contribution in [0.15, 0.2) is 12.2 Å². The van der Waals surface area contributed by atoms with Crippen LogP contribution < -0.4 is 5.32 Å². The number of carboxylic acid groups (broad SMARTS) is 2. The van der Waals surface area contributed by atoms with E-state index in [-0.39, 0.29) is 11.8 Å². The third-order valence-corrected chi connectivity index (χ3v) is 3.14. The monoisotopic (exact) mass is 255 g/mol. The number of carboxylic acids is 2. The van der Waals surface area contributed by atoms with Crippen LogP contribution in [0, 0.1) is 11.8 Å². The maximum absolute atomic E-state index is 11.2. The Morgan fingerprint density at radius 1 is 1.06 bits per heavy atom. The third kappa shape index (κ3) is 4.99. The minimum absolute atomic E-state index is 0.260. The van der Waals surface area contributed by atoms with Crippen molar-refractivity contribution in [1.82, 2.24) is 5.32 Å². The predicted octanol–water partition coefficient (Wildman–Crippen LogP) is 0.634. The highest BCUT2D eigenvalue weighted by atomic mass is 16.4. The van der Waals surface area contributed by atoms with E-state index in [1.54, 1.807) is 0 Å². The third-order valence-electron chi connectivity index (χ3n) is 3.14. The Bertz CT molecular complexity index is 355. The first kappa shape index (κ1) is 14.2. The molecule has 1 rings (SSSR count). The van der Waals surface area contributed by atoms with Crippen LogP contribution in [0.4, 0.5) is 0 Å². The van der Waals surface area contributed by atoms with Gasteiger partial charge in [-0.2, -0.15) is 0 Å². The summed E-state index contributed by atoms with van der Waals surface area (Å²) in [5.41, 5.74) is 0. The normalized spacial score (nSPS) is 23.8. The molecule has 0 bridgehead atoms. The topological polar surface area (TPSA) is 104 Å². The molecule has 0 aromatic rings. The average molecular weight is 255 g/mol. The number of hydrogen-bond acceptors (Lipinski definition) is 3. The van der Waals surface area contributed by atoms with Gasteiger partial charge in [-0.25, -0.2) is 4.79 Å². The fourth-order valence-corrected chi connectivity index (χ4v) is 2.06. The van der Waals surface area contributed by atoms with Gasteiger partial charge in [-0.1, -0.05) is 0 Å². The summed E-state index contributed by atoms with van der Waals surface area (Å²) in [6, 6.07) is 0. The fourth-order valence-electron chi connectivity index (χ4n) is 2.06. The van der Waals surface area contributed by atoms with E-state index in [2.05, 4.69) is 5.32 Å². The van der Waals surface area contributed by atoms with E-state index < -0.39 is 17.8 Å². The quantitative estimate of drug-likeness (QED) is 0.625. The summed E-state index contributed by atoms with van der Waals surface area (Å²) in [7, 11) is 0. The molecule has 18 heavy (non-hydrogen) atoms. The summed E-state index contributed by atoms with van der Waals surface area (Å²) in [6.45, 7) is 0.467. The van der Waals surface area contributed by atoms with E-state index in [4.69, 9.17) is 10.2 Å². The maximum Gasteiger partial charge on any atom is 0.328 e. The molecule has 0 unspecified atom stereocenters. The Hall–Kier alpha value is -1.85. The van der Waals surface area contributed by atoms with Gasteiger partial charge in [-0.15, -0.1) is 0 Å². The highest BCUT2D eigenvalue weighted by Gasteiger charge is 2.25. The number of amides is 1. The van der Waals surface area contributed by atoms with E-state index in [9.17, 15) is 14.4 Å². The molecule has 1 aliphatic rings. The Morgan fingerprint density at radius 3 is 2.17 bits per heavy atom. The van der Waals surface area contributed by atoms with Crippen molar-refractivity contribution in [3.8, 4) is 0 Å². The van der Waals surface area contributed by atoms with Crippen molar-refractivity contribution in [2.75, 3.05) is 6.54 Å². The smallest absolute Gasteiger partial charge is 0.328 e. The molecule has 0 atom stereocenters. The van der Waals surface area contributed by atoms with Crippen molar-refractivity contribution in [2.45, 2.75) is 25.7 Å². The standard InChI is InChI=1S/C12H17NO5/c14-10(5-6-11(15)16)13-7-8-1-3-9(4-2-8)12(17)18/h5-6,8-9H,1-4,7H2,(H,13,14)(H,15,16)(H,17,18). The van der Waals surface area contributed by atoms with Gasteiger partial charge in [0.15, 0.2) is 0 Å². The highest BCUT2D eigenvalue weighted by Crippen LogP contribution is 2.28. The zero-order valence-corrected chi connectivity index (χ0v) is 9.96. The molecule has 1 amide bonds. The molecule has 100 valence electrons. The summed E-state index contributed by atoms with van der Waals surface area (Å²) >= 11 is 0. The molecule has 1 saturated carbocycles. The summed E-state index contributed by atoms with van der Waals surface area (Å²) in [6.07, 6.45) is 4.60. The summed E-state index contributed by atoms with van der Waals surface area (Å²) in [5, 5.41) is 19.8. The van der Waals surface area contributed by atoms with Crippen molar-refractivity contribution in [3.05, 3.63) is 12.2 Å². The number of carbonyl (C=O) groups excluding carboxylic acids is 1. The molecule has 0 radical (unpaired) electrons.